The van der Waals surface area contributed by atoms with Gasteiger partial charge in [-0.3, -0.25) is 4.57 Å². The van der Waals surface area contributed by atoms with Crippen LogP contribution in [0.4, 0.5) is 0 Å². The Kier molecular flexibility index (Phi) is 5.70. The summed E-state index contributed by atoms with van der Waals surface area (Å²) in [6.07, 6.45) is 0. The van der Waals surface area contributed by atoms with E-state index in [0.29, 0.717) is 5.82 Å². The summed E-state index contributed by atoms with van der Waals surface area (Å²) in [5.41, 5.74) is 12.8. The van der Waals surface area contributed by atoms with Crippen molar-refractivity contribution in [1.29, 1.82) is 0 Å². The first kappa shape index (κ1) is 28.3. The van der Waals surface area contributed by atoms with Gasteiger partial charge in [-0.05, 0) is 63.4 Å². The highest BCUT2D eigenvalue weighted by Gasteiger charge is 2.36. The van der Waals surface area contributed by atoms with Crippen molar-refractivity contribution in [1.82, 2.24) is 14.5 Å². The second-order valence-corrected chi connectivity index (χ2v) is 14.2. The SMILES string of the molecule is CC1(C)c2cc(-c3cccc(-c4nc(-c5cccc6ccccc56)c5ccccc5n4)c3)ccc2-n2c3oc4ccccc4c3c3cccc1c32. The Labute approximate surface area is 294 Å². The first-order valence-electron chi connectivity index (χ1n) is 17.5. The van der Waals surface area contributed by atoms with Gasteiger partial charge >= 0.3 is 0 Å². The first-order chi connectivity index (χ1) is 25.0. The molecular weight excluding hydrogens is 623 g/mol. The lowest BCUT2D eigenvalue weighted by Gasteiger charge is -2.34. The molecule has 51 heavy (non-hydrogen) atoms. The topological polar surface area (TPSA) is 43.9 Å². The van der Waals surface area contributed by atoms with Gasteiger partial charge in [0, 0.05) is 32.7 Å². The standard InChI is InChI=1S/C47H31N3O/c1-47(2)37-21-11-20-36-42-35-18-6-8-23-41(35)51-46(42)50(44(36)37)40-25-24-30(27-38(40)47)29-14-9-15-31(26-29)45-48-39-22-7-5-17-34(39)43(49-45)33-19-10-13-28-12-3-4-16-32(28)33/h3-27H,1-2H3. The molecule has 0 spiro atoms. The zero-order valence-electron chi connectivity index (χ0n) is 28.2. The molecule has 0 saturated heterocycles. The summed E-state index contributed by atoms with van der Waals surface area (Å²) in [5, 5.41) is 7.00. The summed E-state index contributed by atoms with van der Waals surface area (Å²) in [5.74, 6) is 0.715. The monoisotopic (exact) mass is 653 g/mol. The van der Waals surface area contributed by atoms with Gasteiger partial charge in [-0.2, -0.15) is 0 Å². The van der Waals surface area contributed by atoms with Crippen LogP contribution in [0.15, 0.2) is 156 Å². The minimum atomic E-state index is -0.223. The van der Waals surface area contributed by atoms with Crippen LogP contribution in [-0.4, -0.2) is 14.5 Å². The Morgan fingerprint density at radius 1 is 0.549 bits per heavy atom. The van der Waals surface area contributed by atoms with Crippen LogP contribution in [0.3, 0.4) is 0 Å². The largest absolute Gasteiger partial charge is 0.439 e. The van der Waals surface area contributed by atoms with Crippen molar-refractivity contribution in [3.05, 3.63) is 163 Å². The first-order valence-corrected chi connectivity index (χ1v) is 17.5. The zero-order valence-corrected chi connectivity index (χ0v) is 28.2. The fourth-order valence-electron chi connectivity index (χ4n) is 8.51. The molecule has 0 N–H and O–H groups in total. The van der Waals surface area contributed by atoms with Gasteiger partial charge in [0.15, 0.2) is 5.82 Å². The number of aromatic nitrogens is 3. The van der Waals surface area contributed by atoms with Crippen molar-refractivity contribution >= 4 is 54.6 Å². The van der Waals surface area contributed by atoms with E-state index in [0.717, 1.165) is 61.2 Å². The fourth-order valence-corrected chi connectivity index (χ4v) is 8.51. The number of benzene rings is 7. The van der Waals surface area contributed by atoms with E-state index in [2.05, 4.69) is 158 Å². The van der Waals surface area contributed by atoms with E-state index in [1.54, 1.807) is 0 Å². The van der Waals surface area contributed by atoms with E-state index < -0.39 is 0 Å². The molecule has 4 heterocycles. The summed E-state index contributed by atoms with van der Waals surface area (Å²) >= 11 is 0. The predicted molar refractivity (Wildman–Crippen MR) is 210 cm³/mol. The van der Waals surface area contributed by atoms with Crippen LogP contribution in [0, 0.1) is 0 Å². The van der Waals surface area contributed by atoms with Crippen LogP contribution < -0.4 is 0 Å². The summed E-state index contributed by atoms with van der Waals surface area (Å²) in [4.78, 5) is 10.4. The molecule has 0 fully saturated rings. The molecule has 11 rings (SSSR count). The Morgan fingerprint density at radius 2 is 1.25 bits per heavy atom. The van der Waals surface area contributed by atoms with Crippen LogP contribution in [-0.2, 0) is 5.41 Å². The van der Waals surface area contributed by atoms with Gasteiger partial charge in [-0.1, -0.05) is 135 Å². The maximum Gasteiger partial charge on any atom is 0.213 e. The number of nitrogens with zero attached hydrogens (tertiary/aromatic N) is 3. The molecule has 1 aliphatic rings. The van der Waals surface area contributed by atoms with Crippen molar-refractivity contribution in [3.8, 4) is 39.5 Å². The van der Waals surface area contributed by atoms with Gasteiger partial charge in [0.1, 0.15) is 5.58 Å². The highest BCUT2D eigenvalue weighted by Crippen LogP contribution is 2.50. The second-order valence-electron chi connectivity index (χ2n) is 14.2. The quantitative estimate of drug-likeness (QED) is 0.191. The van der Waals surface area contributed by atoms with Gasteiger partial charge in [0.2, 0.25) is 5.71 Å². The van der Waals surface area contributed by atoms with Gasteiger partial charge in [0.05, 0.1) is 27.8 Å². The molecule has 240 valence electrons. The van der Waals surface area contributed by atoms with E-state index in [9.17, 15) is 0 Å². The Bertz CT molecular complexity index is 3070. The molecule has 7 aromatic carbocycles. The molecule has 10 aromatic rings. The lowest BCUT2D eigenvalue weighted by molar-refractivity contribution is 0.612. The van der Waals surface area contributed by atoms with Gasteiger partial charge in [-0.15, -0.1) is 0 Å². The molecule has 0 radical (unpaired) electrons. The Morgan fingerprint density at radius 3 is 2.18 bits per heavy atom. The van der Waals surface area contributed by atoms with Crippen molar-refractivity contribution in [2.24, 2.45) is 0 Å². The third-order valence-electron chi connectivity index (χ3n) is 11.0. The van der Waals surface area contributed by atoms with Crippen LogP contribution >= 0.6 is 0 Å². The maximum atomic E-state index is 6.60. The average molecular weight is 654 g/mol. The maximum absolute atomic E-state index is 6.60. The summed E-state index contributed by atoms with van der Waals surface area (Å²) in [7, 11) is 0. The summed E-state index contributed by atoms with van der Waals surface area (Å²) < 4.78 is 8.94. The lowest BCUT2D eigenvalue weighted by atomic mass is 9.74. The Balaban J connectivity index is 1.08. The number of hydrogen-bond acceptors (Lipinski definition) is 3. The molecular formula is C47H31N3O. The Hall–Kier alpha value is -6.52. The third kappa shape index (κ3) is 3.96. The number of furan rings is 1. The summed E-state index contributed by atoms with van der Waals surface area (Å²) in [6, 6.07) is 53.9. The van der Waals surface area contributed by atoms with E-state index in [-0.39, 0.29) is 5.41 Å². The molecule has 4 heteroatoms. The molecule has 4 nitrogen and oxygen atoms in total. The molecule has 1 aliphatic heterocycles. The fraction of sp³-hybridized carbons (Fsp3) is 0.0638. The van der Waals surface area contributed by atoms with E-state index in [1.807, 2.05) is 12.1 Å². The molecule has 3 aromatic heterocycles. The molecule has 0 bridgehead atoms. The van der Waals surface area contributed by atoms with Crippen LogP contribution in [0.2, 0.25) is 0 Å². The van der Waals surface area contributed by atoms with E-state index >= 15 is 0 Å². The zero-order chi connectivity index (χ0) is 33.8. The third-order valence-corrected chi connectivity index (χ3v) is 11.0. The minimum Gasteiger partial charge on any atom is -0.439 e. The lowest BCUT2D eigenvalue weighted by Crippen LogP contribution is -2.26. The van der Waals surface area contributed by atoms with Crippen molar-refractivity contribution in [2.75, 3.05) is 0 Å². The predicted octanol–water partition coefficient (Wildman–Crippen LogP) is 12.3. The van der Waals surface area contributed by atoms with Crippen molar-refractivity contribution in [2.45, 2.75) is 19.3 Å². The second kappa shape index (κ2) is 10.3. The number of hydrogen-bond donors (Lipinski definition) is 0. The van der Waals surface area contributed by atoms with E-state index in [4.69, 9.17) is 14.4 Å². The molecule has 0 saturated carbocycles. The highest BCUT2D eigenvalue weighted by atomic mass is 16.3. The van der Waals surface area contributed by atoms with Gasteiger partial charge in [-0.25, -0.2) is 9.97 Å². The van der Waals surface area contributed by atoms with Crippen LogP contribution in [0.5, 0.6) is 0 Å². The minimum absolute atomic E-state index is 0.223. The number of fused-ring (bicyclic) bond motifs is 9. The van der Waals surface area contributed by atoms with Gasteiger partial charge < -0.3 is 4.42 Å². The normalized spacial score (nSPS) is 13.5. The van der Waals surface area contributed by atoms with Crippen molar-refractivity contribution in [3.63, 3.8) is 0 Å². The highest BCUT2D eigenvalue weighted by molar-refractivity contribution is 6.21. The average Bonchev–Trinajstić information content (AvgIpc) is 3.71. The molecule has 0 unspecified atom stereocenters. The number of rotatable bonds is 3. The van der Waals surface area contributed by atoms with Crippen LogP contribution in [0.1, 0.15) is 25.0 Å². The van der Waals surface area contributed by atoms with E-state index in [1.165, 1.54) is 38.2 Å². The molecule has 0 atom stereocenters. The number of para-hydroxylation sites is 3. The molecule has 0 aliphatic carbocycles. The molecule has 0 amide bonds. The van der Waals surface area contributed by atoms with Crippen molar-refractivity contribution < 1.29 is 4.42 Å². The summed E-state index contributed by atoms with van der Waals surface area (Å²) in [6.45, 7) is 4.68. The van der Waals surface area contributed by atoms with Gasteiger partial charge in [0.25, 0.3) is 0 Å². The van der Waals surface area contributed by atoms with Crippen LogP contribution in [0.25, 0.3) is 94.1 Å². The smallest absolute Gasteiger partial charge is 0.213 e.